The van der Waals surface area contributed by atoms with Crippen LogP contribution in [0.5, 0.6) is 0 Å². The highest BCUT2D eigenvalue weighted by molar-refractivity contribution is 7.87. The Balaban J connectivity index is 3.20. The summed E-state index contributed by atoms with van der Waals surface area (Å²) in [5.74, 6) is -2.57. The van der Waals surface area contributed by atoms with E-state index < -0.39 is 27.4 Å². The van der Waals surface area contributed by atoms with Crippen LogP contribution in [0.25, 0.3) is 5.76 Å². The van der Waals surface area contributed by atoms with Crippen LogP contribution in [-0.2, 0) is 19.1 Å². The maximum Gasteiger partial charge on any atom is 0.534 e. The molecule has 1 aromatic carbocycles. The van der Waals surface area contributed by atoms with Crippen LogP contribution < -0.4 is 0 Å². The van der Waals surface area contributed by atoms with Crippen LogP contribution in [0.3, 0.4) is 0 Å². The summed E-state index contributed by atoms with van der Waals surface area (Å²) in [7, 11) is -5.92. The molecular weight excluding hydrogens is 289 g/mol. The first-order valence-corrected chi connectivity index (χ1v) is 6.05. The molecular formula is C10H7F3O5S. The highest BCUT2D eigenvalue weighted by Crippen LogP contribution is 2.29. The first-order valence-electron chi connectivity index (χ1n) is 4.64. The van der Waals surface area contributed by atoms with E-state index in [1.807, 2.05) is 0 Å². The number of rotatable bonds is 4. The monoisotopic (exact) mass is 296 g/mol. The van der Waals surface area contributed by atoms with Gasteiger partial charge in [0.1, 0.15) is 0 Å². The van der Waals surface area contributed by atoms with Crippen LogP contribution in [0, 0.1) is 0 Å². The summed E-state index contributed by atoms with van der Waals surface area (Å²) in [6.07, 6.45) is 0.235. The Kier molecular flexibility index (Phi) is 4.20. The molecule has 9 heteroatoms. The lowest BCUT2D eigenvalue weighted by Crippen LogP contribution is -2.25. The minimum absolute atomic E-state index is 0.113. The van der Waals surface area contributed by atoms with Crippen LogP contribution in [0.15, 0.2) is 36.4 Å². The number of benzene rings is 1. The zero-order valence-electron chi connectivity index (χ0n) is 9.09. The lowest BCUT2D eigenvalue weighted by Gasteiger charge is -2.12. The molecule has 1 N–H and O–H groups in total. The van der Waals surface area contributed by atoms with Gasteiger partial charge in [-0.25, -0.2) is 4.79 Å². The Hall–Kier alpha value is -2.03. The van der Waals surface area contributed by atoms with Gasteiger partial charge in [0.2, 0.25) is 0 Å². The highest BCUT2D eigenvalue weighted by Gasteiger charge is 2.49. The van der Waals surface area contributed by atoms with Gasteiger partial charge in [-0.15, -0.1) is 0 Å². The molecule has 5 nitrogen and oxygen atoms in total. The SMILES string of the molecule is O=C(O)/C=C(\OS(=O)(=O)C(F)(F)F)c1ccccc1. The zero-order chi connectivity index (χ0) is 14.7. The van der Waals surface area contributed by atoms with Crippen LogP contribution in [0.4, 0.5) is 13.2 Å². The molecule has 0 radical (unpaired) electrons. The zero-order valence-corrected chi connectivity index (χ0v) is 9.90. The summed E-state index contributed by atoms with van der Waals surface area (Å²) in [5, 5.41) is 8.51. The van der Waals surface area contributed by atoms with Crippen molar-refractivity contribution in [1.29, 1.82) is 0 Å². The van der Waals surface area contributed by atoms with Gasteiger partial charge < -0.3 is 9.29 Å². The van der Waals surface area contributed by atoms with Crippen LogP contribution >= 0.6 is 0 Å². The minimum Gasteiger partial charge on any atom is -0.478 e. The van der Waals surface area contributed by atoms with E-state index in [4.69, 9.17) is 5.11 Å². The molecule has 0 aliphatic carbocycles. The normalized spacial score (nSPS) is 13.1. The van der Waals surface area contributed by atoms with Gasteiger partial charge in [-0.2, -0.15) is 21.6 Å². The van der Waals surface area contributed by atoms with Gasteiger partial charge in [-0.3, -0.25) is 0 Å². The number of carboxylic acids is 1. The van der Waals surface area contributed by atoms with Crippen molar-refractivity contribution in [2.75, 3.05) is 0 Å². The highest BCUT2D eigenvalue weighted by atomic mass is 32.2. The Morgan fingerprint density at radius 3 is 2.16 bits per heavy atom. The van der Waals surface area contributed by atoms with E-state index in [0.29, 0.717) is 0 Å². The van der Waals surface area contributed by atoms with Gasteiger partial charge in [-0.1, -0.05) is 30.3 Å². The van der Waals surface area contributed by atoms with Crippen molar-refractivity contribution in [3.05, 3.63) is 42.0 Å². The van der Waals surface area contributed by atoms with Crippen molar-refractivity contribution in [2.45, 2.75) is 5.51 Å². The van der Waals surface area contributed by atoms with Crippen molar-refractivity contribution < 1.29 is 35.7 Å². The van der Waals surface area contributed by atoms with Gasteiger partial charge in [-0.05, 0) is 0 Å². The second-order valence-electron chi connectivity index (χ2n) is 3.20. The summed E-state index contributed by atoms with van der Waals surface area (Å²) in [5.41, 5.74) is -5.75. The second-order valence-corrected chi connectivity index (χ2v) is 4.73. The number of hydrogen-bond acceptors (Lipinski definition) is 4. The van der Waals surface area contributed by atoms with E-state index in [1.165, 1.54) is 30.3 Å². The summed E-state index contributed by atoms with van der Waals surface area (Å²) in [6.45, 7) is 0. The molecule has 0 saturated heterocycles. The summed E-state index contributed by atoms with van der Waals surface area (Å²) in [4.78, 5) is 10.5. The molecule has 0 aliphatic rings. The molecule has 0 fully saturated rings. The number of aliphatic carboxylic acids is 1. The molecule has 0 bridgehead atoms. The third-order valence-electron chi connectivity index (χ3n) is 1.80. The predicted octanol–water partition coefficient (Wildman–Crippen LogP) is 1.98. The second kappa shape index (κ2) is 5.31. The summed E-state index contributed by atoms with van der Waals surface area (Å²) in [6, 6.07) is 6.70. The number of alkyl halides is 3. The third-order valence-corrected chi connectivity index (χ3v) is 2.76. The van der Waals surface area contributed by atoms with Crippen LogP contribution in [0.1, 0.15) is 5.56 Å². The molecule has 1 rings (SSSR count). The van der Waals surface area contributed by atoms with E-state index in [2.05, 4.69) is 4.18 Å². The van der Waals surface area contributed by atoms with Gasteiger partial charge >= 0.3 is 21.6 Å². The molecule has 0 spiro atoms. The summed E-state index contributed by atoms with van der Waals surface area (Å²) < 4.78 is 62.0. The molecule has 0 heterocycles. The summed E-state index contributed by atoms with van der Waals surface area (Å²) >= 11 is 0. The topological polar surface area (TPSA) is 80.7 Å². The van der Waals surface area contributed by atoms with Crippen molar-refractivity contribution in [3.63, 3.8) is 0 Å². The average molecular weight is 296 g/mol. The number of carbonyl (C=O) groups is 1. The molecule has 0 aromatic heterocycles. The molecule has 1 aromatic rings. The molecule has 0 aliphatic heterocycles. The standard InChI is InChI=1S/C10H7F3O5S/c11-10(12,13)19(16,17)18-8(6-9(14)15)7-4-2-1-3-5-7/h1-6H,(H,14,15)/b8-6-. The number of hydrogen-bond donors (Lipinski definition) is 1. The fourth-order valence-electron chi connectivity index (χ4n) is 1.04. The first kappa shape index (κ1) is 15.0. The van der Waals surface area contributed by atoms with E-state index in [1.54, 1.807) is 0 Å². The minimum atomic E-state index is -5.92. The lowest BCUT2D eigenvalue weighted by molar-refractivity contribution is -0.131. The van der Waals surface area contributed by atoms with E-state index in [9.17, 15) is 26.4 Å². The Labute approximate surface area is 106 Å². The van der Waals surface area contributed by atoms with Crippen molar-refractivity contribution in [1.82, 2.24) is 0 Å². The van der Waals surface area contributed by atoms with E-state index >= 15 is 0 Å². The average Bonchev–Trinajstić information content (AvgIpc) is 2.27. The van der Waals surface area contributed by atoms with E-state index in [-0.39, 0.29) is 11.6 Å². The smallest absolute Gasteiger partial charge is 0.478 e. The first-order chi connectivity index (χ1) is 8.63. The maximum atomic E-state index is 12.2. The quantitative estimate of drug-likeness (QED) is 0.398. The largest absolute Gasteiger partial charge is 0.534 e. The van der Waals surface area contributed by atoms with Crippen molar-refractivity contribution in [3.8, 4) is 0 Å². The van der Waals surface area contributed by atoms with Gasteiger partial charge in [0.15, 0.2) is 5.76 Å². The third kappa shape index (κ3) is 3.98. The van der Waals surface area contributed by atoms with Crippen LogP contribution in [0.2, 0.25) is 0 Å². The van der Waals surface area contributed by atoms with Crippen molar-refractivity contribution in [2.24, 2.45) is 0 Å². The Morgan fingerprint density at radius 1 is 1.21 bits per heavy atom. The lowest BCUT2D eigenvalue weighted by atomic mass is 10.2. The van der Waals surface area contributed by atoms with Gasteiger partial charge in [0.25, 0.3) is 0 Å². The number of carboxylic acid groups (broad SMARTS) is 1. The fourth-order valence-corrected chi connectivity index (χ4v) is 1.51. The fraction of sp³-hybridized carbons (Fsp3) is 0.100. The maximum absolute atomic E-state index is 12.2. The van der Waals surface area contributed by atoms with Gasteiger partial charge in [0, 0.05) is 5.56 Å². The molecule has 19 heavy (non-hydrogen) atoms. The van der Waals surface area contributed by atoms with Crippen LogP contribution in [-0.4, -0.2) is 25.0 Å². The van der Waals surface area contributed by atoms with Crippen molar-refractivity contribution >= 4 is 21.8 Å². The van der Waals surface area contributed by atoms with E-state index in [0.717, 1.165) is 0 Å². The molecule has 0 atom stereocenters. The molecule has 104 valence electrons. The Morgan fingerprint density at radius 2 is 1.74 bits per heavy atom. The number of halogens is 3. The molecule has 0 amide bonds. The molecule has 0 saturated carbocycles. The molecule has 0 unspecified atom stereocenters. The van der Waals surface area contributed by atoms with Gasteiger partial charge in [0.05, 0.1) is 6.08 Å². The Bertz CT molecular complexity index is 589. The predicted molar refractivity (Wildman–Crippen MR) is 58.1 cm³/mol.